The predicted molar refractivity (Wildman–Crippen MR) is 121 cm³/mol. The summed E-state index contributed by atoms with van der Waals surface area (Å²) in [6.07, 6.45) is 3.55. The van der Waals surface area contributed by atoms with Crippen molar-refractivity contribution in [2.75, 3.05) is 25.6 Å². The summed E-state index contributed by atoms with van der Waals surface area (Å²) in [6, 6.07) is 17.8. The van der Waals surface area contributed by atoms with Gasteiger partial charge in [0, 0.05) is 6.42 Å². The van der Waals surface area contributed by atoms with Crippen LogP contribution < -0.4 is 4.74 Å². The van der Waals surface area contributed by atoms with Crippen LogP contribution in [0.15, 0.2) is 48.5 Å². The predicted octanol–water partition coefficient (Wildman–Crippen LogP) is 5.80. The van der Waals surface area contributed by atoms with Gasteiger partial charge in [-0.2, -0.15) is 0 Å². The zero-order chi connectivity index (χ0) is 19.3. The number of ether oxygens (including phenoxy) is 1. The minimum Gasteiger partial charge on any atom is -0.475 e. The Labute approximate surface area is 173 Å². The molecule has 0 N–H and O–H groups in total. The molecule has 1 saturated heterocycles. The molecular formula is C23H31NOS2. The van der Waals surface area contributed by atoms with Crippen molar-refractivity contribution in [3.8, 4) is 5.75 Å². The van der Waals surface area contributed by atoms with Crippen LogP contribution >= 0.6 is 23.5 Å². The number of nitrogens with zero attached hydrogens (tertiary/aromatic N) is 1. The van der Waals surface area contributed by atoms with Crippen LogP contribution in [-0.4, -0.2) is 36.7 Å². The van der Waals surface area contributed by atoms with Crippen molar-refractivity contribution >= 4 is 23.5 Å². The largest absolute Gasteiger partial charge is 0.475 e. The van der Waals surface area contributed by atoms with Gasteiger partial charge in [0.25, 0.3) is 0 Å². The summed E-state index contributed by atoms with van der Waals surface area (Å²) < 4.78 is 6.12. The number of thioether (sulfide) groups is 2. The number of hydrogen-bond acceptors (Lipinski definition) is 4. The van der Waals surface area contributed by atoms with Gasteiger partial charge >= 0.3 is 0 Å². The number of hydrogen-bond donors (Lipinski definition) is 0. The molecule has 1 atom stereocenters. The molecule has 2 nitrogen and oxygen atoms in total. The molecule has 4 heteroatoms. The number of benzene rings is 2. The van der Waals surface area contributed by atoms with Gasteiger partial charge in [0.05, 0.1) is 4.08 Å². The van der Waals surface area contributed by atoms with Gasteiger partial charge in [-0.1, -0.05) is 43.3 Å². The lowest BCUT2D eigenvalue weighted by molar-refractivity contribution is 0.0815. The molecule has 0 amide bonds. The summed E-state index contributed by atoms with van der Waals surface area (Å²) in [7, 11) is 4.07. The van der Waals surface area contributed by atoms with Crippen LogP contribution in [0.1, 0.15) is 37.0 Å². The molecule has 1 aliphatic rings. The van der Waals surface area contributed by atoms with E-state index in [1.54, 1.807) is 0 Å². The third-order valence-electron chi connectivity index (χ3n) is 5.21. The lowest BCUT2D eigenvalue weighted by Crippen LogP contribution is -2.30. The van der Waals surface area contributed by atoms with E-state index >= 15 is 0 Å². The molecule has 1 fully saturated rings. The maximum atomic E-state index is 6.02. The van der Waals surface area contributed by atoms with E-state index in [4.69, 9.17) is 4.74 Å². The van der Waals surface area contributed by atoms with Crippen LogP contribution in [0.3, 0.4) is 0 Å². The minimum absolute atomic E-state index is 0.0691. The smallest absolute Gasteiger partial charge is 0.149 e. The lowest BCUT2D eigenvalue weighted by Gasteiger charge is -2.37. The zero-order valence-corrected chi connectivity index (χ0v) is 18.5. The summed E-state index contributed by atoms with van der Waals surface area (Å²) in [4.78, 5) is 2.07. The molecule has 0 bridgehead atoms. The standard InChI is InChI=1S/C23H31NOS2/c1-5-19-9-6-7-10-20(19)17-23(26-15-8-16-27-23)21-11-13-22(14-12-21)25-18(2)24(3)4/h6-7,9-14,18H,5,8,15-17H2,1-4H3. The van der Waals surface area contributed by atoms with Crippen LogP contribution in [0.25, 0.3) is 0 Å². The molecule has 0 aliphatic carbocycles. The molecular weight excluding hydrogens is 370 g/mol. The Bertz CT molecular complexity index is 723. The second kappa shape index (κ2) is 9.40. The number of aryl methyl sites for hydroxylation is 1. The first kappa shape index (κ1) is 20.6. The molecule has 0 saturated carbocycles. The van der Waals surface area contributed by atoms with Gasteiger partial charge < -0.3 is 4.74 Å². The second-order valence-electron chi connectivity index (χ2n) is 7.31. The average molecular weight is 402 g/mol. The highest BCUT2D eigenvalue weighted by atomic mass is 32.2. The van der Waals surface area contributed by atoms with Crippen LogP contribution in [0.2, 0.25) is 0 Å². The summed E-state index contributed by atoms with van der Waals surface area (Å²) >= 11 is 4.23. The molecule has 0 aromatic heterocycles. The maximum absolute atomic E-state index is 6.02. The van der Waals surface area contributed by atoms with E-state index in [1.807, 2.05) is 14.1 Å². The quantitative estimate of drug-likeness (QED) is 0.543. The van der Waals surface area contributed by atoms with Gasteiger partial charge in [0.1, 0.15) is 12.0 Å². The van der Waals surface area contributed by atoms with Crippen LogP contribution in [-0.2, 0) is 16.9 Å². The highest BCUT2D eigenvalue weighted by molar-refractivity contribution is 8.18. The zero-order valence-electron chi connectivity index (χ0n) is 16.9. The Morgan fingerprint density at radius 2 is 1.63 bits per heavy atom. The van der Waals surface area contributed by atoms with Crippen LogP contribution in [0, 0.1) is 0 Å². The fourth-order valence-corrected chi connectivity index (χ4v) is 6.73. The van der Waals surface area contributed by atoms with Crippen molar-refractivity contribution in [3.05, 3.63) is 65.2 Å². The molecule has 3 rings (SSSR count). The van der Waals surface area contributed by atoms with Gasteiger partial charge in [-0.3, -0.25) is 4.90 Å². The highest BCUT2D eigenvalue weighted by Crippen LogP contribution is 2.52. The molecule has 0 spiro atoms. The Kier molecular flexibility index (Phi) is 7.18. The van der Waals surface area contributed by atoms with Crippen LogP contribution in [0.5, 0.6) is 5.75 Å². The van der Waals surface area contributed by atoms with Crippen molar-refractivity contribution in [2.24, 2.45) is 0 Å². The second-order valence-corrected chi connectivity index (χ2v) is 10.4. The van der Waals surface area contributed by atoms with Gasteiger partial charge in [-0.15, -0.1) is 23.5 Å². The van der Waals surface area contributed by atoms with Crippen molar-refractivity contribution in [2.45, 2.75) is 43.4 Å². The molecule has 2 aromatic carbocycles. The summed E-state index contributed by atoms with van der Waals surface area (Å²) in [5, 5.41) is 0. The summed E-state index contributed by atoms with van der Waals surface area (Å²) in [6.45, 7) is 4.33. The molecule has 27 heavy (non-hydrogen) atoms. The third kappa shape index (κ3) is 5.04. The average Bonchev–Trinajstić information content (AvgIpc) is 2.69. The van der Waals surface area contributed by atoms with E-state index in [2.05, 4.69) is 90.8 Å². The lowest BCUT2D eigenvalue weighted by atomic mass is 9.97. The van der Waals surface area contributed by atoms with E-state index in [0.717, 1.165) is 18.6 Å². The highest BCUT2D eigenvalue weighted by Gasteiger charge is 2.36. The van der Waals surface area contributed by atoms with Gasteiger partial charge in [-0.05, 0) is 74.2 Å². The Balaban J connectivity index is 1.86. The summed E-state index contributed by atoms with van der Waals surface area (Å²) in [5.74, 6) is 3.41. The van der Waals surface area contributed by atoms with Gasteiger partial charge in [0.15, 0.2) is 0 Å². The van der Waals surface area contributed by atoms with E-state index in [1.165, 1.54) is 34.6 Å². The monoisotopic (exact) mass is 401 g/mol. The van der Waals surface area contributed by atoms with Crippen molar-refractivity contribution < 1.29 is 4.74 Å². The fraction of sp³-hybridized carbons (Fsp3) is 0.478. The van der Waals surface area contributed by atoms with E-state index in [0.29, 0.717) is 0 Å². The fourth-order valence-electron chi connectivity index (χ4n) is 3.36. The first-order chi connectivity index (χ1) is 13.0. The van der Waals surface area contributed by atoms with Crippen molar-refractivity contribution in [3.63, 3.8) is 0 Å². The Morgan fingerprint density at radius 1 is 1.00 bits per heavy atom. The van der Waals surface area contributed by atoms with Gasteiger partial charge in [-0.25, -0.2) is 0 Å². The molecule has 146 valence electrons. The first-order valence-electron chi connectivity index (χ1n) is 9.82. The first-order valence-corrected chi connectivity index (χ1v) is 11.8. The Hall–Kier alpha value is -1.10. The van der Waals surface area contributed by atoms with E-state index < -0.39 is 0 Å². The van der Waals surface area contributed by atoms with E-state index in [9.17, 15) is 0 Å². The van der Waals surface area contributed by atoms with Crippen LogP contribution in [0.4, 0.5) is 0 Å². The summed E-state index contributed by atoms with van der Waals surface area (Å²) in [5.41, 5.74) is 4.37. The van der Waals surface area contributed by atoms with E-state index in [-0.39, 0.29) is 10.3 Å². The normalized spacial score (nSPS) is 17.7. The molecule has 1 aliphatic heterocycles. The SMILES string of the molecule is CCc1ccccc1CC1(c2ccc(OC(C)N(C)C)cc2)SCCCS1. The Morgan fingerprint density at radius 3 is 2.22 bits per heavy atom. The molecule has 2 aromatic rings. The van der Waals surface area contributed by atoms with Gasteiger partial charge in [0.2, 0.25) is 0 Å². The third-order valence-corrected chi connectivity index (χ3v) is 8.59. The topological polar surface area (TPSA) is 12.5 Å². The molecule has 1 unspecified atom stereocenters. The molecule has 1 heterocycles. The van der Waals surface area contributed by atoms with Crippen molar-refractivity contribution in [1.82, 2.24) is 4.90 Å². The maximum Gasteiger partial charge on any atom is 0.149 e. The molecule has 0 radical (unpaired) electrons. The number of rotatable bonds is 7. The van der Waals surface area contributed by atoms with Crippen molar-refractivity contribution in [1.29, 1.82) is 0 Å². The minimum atomic E-state index is 0.0691.